The zero-order valence-electron chi connectivity index (χ0n) is 15.1. The van der Waals surface area contributed by atoms with E-state index in [4.69, 9.17) is 9.84 Å². The predicted molar refractivity (Wildman–Crippen MR) is 107 cm³/mol. The molecule has 25 heavy (non-hydrogen) atoms. The van der Waals surface area contributed by atoms with Crippen LogP contribution in [0.4, 0.5) is 0 Å². The first-order chi connectivity index (χ1) is 11.0. The van der Waals surface area contributed by atoms with Crippen molar-refractivity contribution in [1.82, 2.24) is 5.32 Å². The van der Waals surface area contributed by atoms with Gasteiger partial charge in [0.15, 0.2) is 0 Å². The summed E-state index contributed by atoms with van der Waals surface area (Å²) >= 11 is 0. The van der Waals surface area contributed by atoms with Crippen LogP contribution in [0.1, 0.15) is 85.0 Å². The van der Waals surface area contributed by atoms with Crippen molar-refractivity contribution >= 4 is 71.1 Å². The first-order valence-electron chi connectivity index (χ1n) is 9.14. The molecular formula is C18H37NNa2O4. The molecule has 0 rings (SSSR count). The first-order valence-corrected chi connectivity index (χ1v) is 9.14. The summed E-state index contributed by atoms with van der Waals surface area (Å²) in [5, 5.41) is 11.5. The van der Waals surface area contributed by atoms with Crippen molar-refractivity contribution in [2.45, 2.75) is 97.1 Å². The molecule has 0 aromatic carbocycles. The van der Waals surface area contributed by atoms with Crippen molar-refractivity contribution in [3.8, 4) is 0 Å². The second kappa shape index (κ2) is 21.2. The maximum absolute atomic E-state index is 11.7. The second-order valence-corrected chi connectivity index (χ2v) is 6.30. The number of hydrogen-bond acceptors (Lipinski definition) is 4. The van der Waals surface area contributed by atoms with Gasteiger partial charge in [-0.15, -0.1) is 0 Å². The summed E-state index contributed by atoms with van der Waals surface area (Å²) in [6.07, 6.45) is 12.4. The number of rotatable bonds is 15. The van der Waals surface area contributed by atoms with E-state index in [1.54, 1.807) is 6.92 Å². The van der Waals surface area contributed by atoms with Crippen LogP contribution in [-0.2, 0) is 14.3 Å². The van der Waals surface area contributed by atoms with Crippen LogP contribution in [0.5, 0.6) is 0 Å². The van der Waals surface area contributed by atoms with Gasteiger partial charge in [-0.25, -0.2) is 0 Å². The van der Waals surface area contributed by atoms with Gasteiger partial charge in [0.1, 0.15) is 12.1 Å². The molecule has 0 aliphatic heterocycles. The molecule has 2 unspecified atom stereocenters. The van der Waals surface area contributed by atoms with Gasteiger partial charge in [-0.3, -0.25) is 14.9 Å². The summed E-state index contributed by atoms with van der Waals surface area (Å²) in [7, 11) is 0. The van der Waals surface area contributed by atoms with Crippen LogP contribution in [-0.4, -0.2) is 94.9 Å². The van der Waals surface area contributed by atoms with Gasteiger partial charge in [-0.1, -0.05) is 64.7 Å². The third-order valence-corrected chi connectivity index (χ3v) is 3.97. The fourth-order valence-corrected chi connectivity index (χ4v) is 2.40. The van der Waals surface area contributed by atoms with E-state index < -0.39 is 18.1 Å². The van der Waals surface area contributed by atoms with Crippen molar-refractivity contribution in [1.29, 1.82) is 0 Å². The van der Waals surface area contributed by atoms with Crippen molar-refractivity contribution in [2.75, 3.05) is 6.61 Å². The summed E-state index contributed by atoms with van der Waals surface area (Å²) in [4.78, 5) is 22.4. The number of carboxylic acids is 1. The number of aliphatic carboxylic acids is 1. The molecule has 0 fully saturated rings. The third kappa shape index (κ3) is 19.5. The topological polar surface area (TPSA) is 75.6 Å². The number of ether oxygens (including phenoxy) is 1. The number of esters is 1. The Morgan fingerprint density at radius 3 is 1.72 bits per heavy atom. The molecule has 2 N–H and O–H groups in total. The molecule has 0 saturated heterocycles. The van der Waals surface area contributed by atoms with Crippen molar-refractivity contribution in [3.63, 3.8) is 0 Å². The Labute approximate surface area is 198 Å². The van der Waals surface area contributed by atoms with Gasteiger partial charge >= 0.3 is 71.1 Å². The second-order valence-electron chi connectivity index (χ2n) is 6.30. The average Bonchev–Trinajstić information content (AvgIpc) is 2.52. The van der Waals surface area contributed by atoms with E-state index in [1.165, 1.54) is 58.3 Å². The Kier molecular flexibility index (Phi) is 26.0. The molecule has 0 aromatic heterocycles. The van der Waals surface area contributed by atoms with Crippen LogP contribution in [0, 0.1) is 0 Å². The summed E-state index contributed by atoms with van der Waals surface area (Å²) in [6, 6.07) is -1.35. The van der Waals surface area contributed by atoms with Crippen LogP contribution < -0.4 is 5.32 Å². The standard InChI is InChI=1S/C18H35NO4.2Na.2H/c1-4-5-6-7-8-9-10-11-12-13-14-23-18(22)16(3)19-15(2)17(20)21;;;;/h15-16,19H,4-14H2,1-3H3,(H,20,21);;;;. The van der Waals surface area contributed by atoms with Crippen LogP contribution in [0.2, 0.25) is 0 Å². The Balaban J connectivity index is -0.00000242. The Hall–Kier alpha value is 0.900. The molecule has 7 heteroatoms. The Bertz CT molecular complexity index is 330. The summed E-state index contributed by atoms with van der Waals surface area (Å²) in [5.74, 6) is -1.35. The van der Waals surface area contributed by atoms with E-state index in [9.17, 15) is 9.59 Å². The number of carbonyl (C=O) groups is 2. The zero-order chi connectivity index (χ0) is 17.5. The van der Waals surface area contributed by atoms with Crippen molar-refractivity contribution < 1.29 is 19.4 Å². The van der Waals surface area contributed by atoms with Gasteiger partial charge in [0.05, 0.1) is 6.61 Å². The van der Waals surface area contributed by atoms with Gasteiger partial charge in [-0.05, 0) is 20.3 Å². The van der Waals surface area contributed by atoms with Crippen LogP contribution in [0.15, 0.2) is 0 Å². The van der Waals surface area contributed by atoms with Crippen LogP contribution >= 0.6 is 0 Å². The summed E-state index contributed by atoms with van der Waals surface area (Å²) in [6.45, 7) is 5.79. The van der Waals surface area contributed by atoms with Gasteiger partial charge in [-0.2, -0.15) is 0 Å². The molecule has 0 saturated carbocycles. The fraction of sp³-hybridized carbons (Fsp3) is 0.889. The molecule has 5 nitrogen and oxygen atoms in total. The van der Waals surface area contributed by atoms with Gasteiger partial charge in [0.2, 0.25) is 0 Å². The van der Waals surface area contributed by atoms with E-state index in [0.717, 1.165) is 12.8 Å². The number of carbonyl (C=O) groups excluding carboxylic acids is 1. The van der Waals surface area contributed by atoms with Gasteiger partial charge in [0.25, 0.3) is 0 Å². The van der Waals surface area contributed by atoms with E-state index in [-0.39, 0.29) is 65.1 Å². The molecule has 2 atom stereocenters. The van der Waals surface area contributed by atoms with E-state index in [2.05, 4.69) is 12.2 Å². The van der Waals surface area contributed by atoms with Crippen LogP contribution in [0.3, 0.4) is 0 Å². The Morgan fingerprint density at radius 1 is 0.840 bits per heavy atom. The molecule has 140 valence electrons. The molecule has 0 radical (unpaired) electrons. The minimum atomic E-state index is -0.973. The minimum absolute atomic E-state index is 0. The van der Waals surface area contributed by atoms with E-state index >= 15 is 0 Å². The fourth-order valence-electron chi connectivity index (χ4n) is 2.40. The summed E-state index contributed by atoms with van der Waals surface area (Å²) in [5.41, 5.74) is 0. The first kappa shape index (κ1) is 30.6. The third-order valence-electron chi connectivity index (χ3n) is 3.97. The Morgan fingerprint density at radius 2 is 1.28 bits per heavy atom. The summed E-state index contributed by atoms with van der Waals surface area (Å²) < 4.78 is 5.16. The van der Waals surface area contributed by atoms with Crippen LogP contribution in [0.25, 0.3) is 0 Å². The van der Waals surface area contributed by atoms with Crippen molar-refractivity contribution in [3.05, 3.63) is 0 Å². The van der Waals surface area contributed by atoms with Gasteiger partial charge < -0.3 is 9.84 Å². The average molecular weight is 377 g/mol. The zero-order valence-corrected chi connectivity index (χ0v) is 15.1. The SMILES string of the molecule is CCCCCCCCCCCCOC(=O)C(C)NC(C)C(=O)O.[NaH].[NaH]. The van der Waals surface area contributed by atoms with Crippen molar-refractivity contribution in [2.24, 2.45) is 0 Å². The molecule has 0 amide bonds. The number of unbranched alkanes of at least 4 members (excludes halogenated alkanes) is 9. The quantitative estimate of drug-likeness (QED) is 0.261. The molecule has 0 aliphatic carbocycles. The van der Waals surface area contributed by atoms with E-state index in [0.29, 0.717) is 6.61 Å². The molecule has 0 spiro atoms. The number of nitrogens with one attached hydrogen (secondary N) is 1. The molecule has 0 aliphatic rings. The molecular weight excluding hydrogens is 340 g/mol. The molecule has 0 bridgehead atoms. The number of carboxylic acid groups (broad SMARTS) is 1. The monoisotopic (exact) mass is 377 g/mol. The normalized spacial score (nSPS) is 12.4. The molecule has 0 aromatic rings. The maximum atomic E-state index is 11.7. The van der Waals surface area contributed by atoms with E-state index in [1.807, 2.05) is 0 Å². The predicted octanol–water partition coefficient (Wildman–Crippen LogP) is 2.60. The van der Waals surface area contributed by atoms with Gasteiger partial charge in [0, 0.05) is 0 Å². The number of hydrogen-bond donors (Lipinski definition) is 2. The molecule has 0 heterocycles.